The summed E-state index contributed by atoms with van der Waals surface area (Å²) < 4.78 is 48.8. The maximum Gasteiger partial charge on any atom is 0.420 e. The first-order valence-corrected chi connectivity index (χ1v) is 3.18. The topological polar surface area (TPSA) is 35.2 Å². The fourth-order valence-electron chi connectivity index (χ4n) is 0.827. The summed E-state index contributed by atoms with van der Waals surface area (Å²) in [5.41, 5.74) is -1.23. The summed E-state index contributed by atoms with van der Waals surface area (Å²) in [4.78, 5) is 3.94. The molecule has 0 fully saturated rings. The fraction of sp³-hybridized carbons (Fsp3) is 0.143. The van der Waals surface area contributed by atoms with Crippen molar-refractivity contribution in [3.8, 4) is 5.75 Å². The molecule has 0 aromatic heterocycles. The molecule has 1 aromatic rings. The van der Waals surface area contributed by atoms with E-state index in [9.17, 15) is 17.6 Å². The van der Waals surface area contributed by atoms with Crippen LogP contribution in [0.5, 0.6) is 5.75 Å². The van der Waals surface area contributed by atoms with Crippen molar-refractivity contribution in [2.45, 2.75) is 6.18 Å². The maximum absolute atomic E-state index is 12.4. The van der Waals surface area contributed by atoms with Crippen molar-refractivity contribution in [1.29, 1.82) is 0 Å². The maximum atomic E-state index is 12.4. The molecule has 0 spiro atoms. The van der Waals surface area contributed by atoms with Crippen LogP contribution < -0.4 is 10.7 Å². The van der Waals surface area contributed by atoms with E-state index >= 15 is 0 Å². The average molecular weight is 232 g/mol. The van der Waals surface area contributed by atoms with Gasteiger partial charge < -0.3 is 4.84 Å². The van der Waals surface area contributed by atoms with Crippen molar-refractivity contribution in [2.75, 3.05) is 0 Å². The molecule has 2 N–H and O–H groups in total. The first kappa shape index (κ1) is 13.0. The highest BCUT2D eigenvalue weighted by Crippen LogP contribution is 2.35. The van der Waals surface area contributed by atoms with Crippen LogP contribution in [0.4, 0.5) is 17.6 Å². The van der Waals surface area contributed by atoms with Crippen LogP contribution in [-0.2, 0) is 6.18 Å². The van der Waals surface area contributed by atoms with Gasteiger partial charge in [0.25, 0.3) is 0 Å². The third kappa shape index (κ3) is 2.74. The second-order valence-electron chi connectivity index (χ2n) is 2.26. The Balaban J connectivity index is 0.00000169. The zero-order chi connectivity index (χ0) is 10.1. The average Bonchev–Trinajstić information content (AvgIpc) is 2.03. The fourth-order valence-corrected chi connectivity index (χ4v) is 0.827. The molecule has 0 unspecified atom stereocenters. The first-order chi connectivity index (χ1) is 5.95. The van der Waals surface area contributed by atoms with E-state index in [1.54, 1.807) is 0 Å². The molecule has 2 nitrogen and oxygen atoms in total. The van der Waals surface area contributed by atoms with E-state index in [1.165, 1.54) is 0 Å². The summed E-state index contributed by atoms with van der Waals surface area (Å²) in [5, 5.41) is 0. The second-order valence-corrected chi connectivity index (χ2v) is 2.26. The summed E-state index contributed by atoms with van der Waals surface area (Å²) >= 11 is 0. The first-order valence-electron chi connectivity index (χ1n) is 3.18. The van der Waals surface area contributed by atoms with Crippen LogP contribution in [0.15, 0.2) is 18.2 Å². The standard InChI is InChI=1S/C7H5F4NO.ClH/c8-4-1-2-6(13-12)5(3-4)7(9,10)11;/h1-3H,12H2;1H. The summed E-state index contributed by atoms with van der Waals surface area (Å²) in [6.45, 7) is 0. The molecule has 0 heterocycles. The highest BCUT2D eigenvalue weighted by atomic mass is 35.5. The van der Waals surface area contributed by atoms with E-state index in [4.69, 9.17) is 0 Å². The molecule has 0 atom stereocenters. The molecule has 1 aromatic carbocycles. The number of alkyl halides is 3. The van der Waals surface area contributed by atoms with Gasteiger partial charge in [0.05, 0.1) is 0 Å². The smallest absolute Gasteiger partial charge is 0.411 e. The van der Waals surface area contributed by atoms with Gasteiger partial charge in [-0.3, -0.25) is 0 Å². The van der Waals surface area contributed by atoms with Gasteiger partial charge in [0.2, 0.25) is 0 Å². The summed E-state index contributed by atoms with van der Waals surface area (Å²) in [6, 6.07) is 1.97. The van der Waals surface area contributed by atoms with Crippen LogP contribution in [0.25, 0.3) is 0 Å². The highest BCUT2D eigenvalue weighted by molar-refractivity contribution is 5.85. The number of hydrogen-bond donors (Lipinski definition) is 1. The van der Waals surface area contributed by atoms with Gasteiger partial charge in [-0.1, -0.05) is 0 Å². The predicted octanol–water partition coefficient (Wildman–Crippen LogP) is 2.52. The Morgan fingerprint density at radius 1 is 1.21 bits per heavy atom. The zero-order valence-electron chi connectivity index (χ0n) is 6.64. The molecule has 0 saturated heterocycles. The van der Waals surface area contributed by atoms with Crippen molar-refractivity contribution >= 4 is 12.4 Å². The van der Waals surface area contributed by atoms with Crippen molar-refractivity contribution in [2.24, 2.45) is 5.90 Å². The third-order valence-electron chi connectivity index (χ3n) is 1.37. The van der Waals surface area contributed by atoms with Gasteiger partial charge in [-0.15, -0.1) is 12.4 Å². The quantitative estimate of drug-likeness (QED) is 0.595. The van der Waals surface area contributed by atoms with Crippen LogP contribution >= 0.6 is 12.4 Å². The lowest BCUT2D eigenvalue weighted by molar-refractivity contribution is -0.139. The minimum atomic E-state index is -4.67. The molecule has 0 radical (unpaired) electrons. The van der Waals surface area contributed by atoms with Crippen LogP contribution in [0.1, 0.15) is 5.56 Å². The minimum Gasteiger partial charge on any atom is -0.411 e. The van der Waals surface area contributed by atoms with Gasteiger partial charge in [0, 0.05) is 0 Å². The summed E-state index contributed by atoms with van der Waals surface area (Å²) in [6.07, 6.45) is -4.67. The molecule has 1 rings (SSSR count). The van der Waals surface area contributed by atoms with Crippen molar-refractivity contribution in [3.05, 3.63) is 29.6 Å². The Morgan fingerprint density at radius 2 is 1.79 bits per heavy atom. The van der Waals surface area contributed by atoms with Crippen LogP contribution in [-0.4, -0.2) is 0 Å². The van der Waals surface area contributed by atoms with Gasteiger partial charge in [-0.05, 0) is 18.2 Å². The second kappa shape index (κ2) is 4.47. The number of halogens is 5. The summed E-state index contributed by atoms with van der Waals surface area (Å²) in [7, 11) is 0. The SMILES string of the molecule is Cl.NOc1ccc(F)cc1C(F)(F)F. The van der Waals surface area contributed by atoms with E-state index in [0.29, 0.717) is 6.07 Å². The molecule has 0 amide bonds. The van der Waals surface area contributed by atoms with Crippen LogP contribution in [0.2, 0.25) is 0 Å². The molecule has 0 bridgehead atoms. The lowest BCUT2D eigenvalue weighted by Crippen LogP contribution is -2.12. The molecule has 80 valence electrons. The van der Waals surface area contributed by atoms with E-state index < -0.39 is 23.3 Å². The van der Waals surface area contributed by atoms with E-state index in [2.05, 4.69) is 10.7 Å². The zero-order valence-corrected chi connectivity index (χ0v) is 7.45. The number of rotatable bonds is 1. The Morgan fingerprint density at radius 3 is 2.21 bits per heavy atom. The minimum absolute atomic E-state index is 0. The molecular formula is C7H6ClF4NO. The number of hydrogen-bond acceptors (Lipinski definition) is 2. The van der Waals surface area contributed by atoms with Gasteiger partial charge >= 0.3 is 6.18 Å². The van der Waals surface area contributed by atoms with Crippen LogP contribution in [0.3, 0.4) is 0 Å². The Labute approximate surface area is 83.0 Å². The molecule has 7 heteroatoms. The number of benzene rings is 1. The highest BCUT2D eigenvalue weighted by Gasteiger charge is 2.34. The van der Waals surface area contributed by atoms with Gasteiger partial charge in [-0.25, -0.2) is 4.39 Å². The van der Waals surface area contributed by atoms with E-state index in [0.717, 1.165) is 12.1 Å². The molecule has 0 aliphatic heterocycles. The Hall–Kier alpha value is -1.01. The van der Waals surface area contributed by atoms with E-state index in [1.807, 2.05) is 0 Å². The van der Waals surface area contributed by atoms with Gasteiger partial charge in [-0.2, -0.15) is 19.1 Å². The molecule has 14 heavy (non-hydrogen) atoms. The Kier molecular flexibility index (Phi) is 4.15. The van der Waals surface area contributed by atoms with Gasteiger partial charge in [0.15, 0.2) is 5.75 Å². The lowest BCUT2D eigenvalue weighted by atomic mass is 10.2. The largest absolute Gasteiger partial charge is 0.420 e. The van der Waals surface area contributed by atoms with Gasteiger partial charge in [0.1, 0.15) is 11.4 Å². The van der Waals surface area contributed by atoms with Crippen LogP contribution in [0, 0.1) is 5.82 Å². The number of nitrogens with two attached hydrogens (primary N) is 1. The normalized spacial score (nSPS) is 10.6. The lowest BCUT2D eigenvalue weighted by Gasteiger charge is -2.10. The Bertz CT molecular complexity index is 315. The van der Waals surface area contributed by atoms with Crippen molar-refractivity contribution in [3.63, 3.8) is 0 Å². The predicted molar refractivity (Wildman–Crippen MR) is 43.5 cm³/mol. The van der Waals surface area contributed by atoms with Crippen molar-refractivity contribution < 1.29 is 22.4 Å². The molecular weight excluding hydrogens is 226 g/mol. The summed E-state index contributed by atoms with van der Waals surface area (Å²) in [5.74, 6) is 2.98. The molecule has 0 aliphatic carbocycles. The van der Waals surface area contributed by atoms with Crippen molar-refractivity contribution in [1.82, 2.24) is 0 Å². The third-order valence-corrected chi connectivity index (χ3v) is 1.37. The molecule has 0 aliphatic rings. The van der Waals surface area contributed by atoms with E-state index in [-0.39, 0.29) is 12.4 Å². The monoisotopic (exact) mass is 231 g/mol. The molecule has 0 saturated carbocycles.